The van der Waals surface area contributed by atoms with E-state index in [1.54, 1.807) is 0 Å². The Balaban J connectivity index is 1.71. The Labute approximate surface area is 139 Å². The van der Waals surface area contributed by atoms with Crippen molar-refractivity contribution in [1.82, 2.24) is 0 Å². The summed E-state index contributed by atoms with van der Waals surface area (Å²) in [5.41, 5.74) is 3.82. The standard InChI is InChI=1S/C18H19BrN2O/c1-13-4-9-17(16(19)12-13)20-18(22)14-5-7-15(8-6-14)21-10-2-3-11-21/h4-9,12H,2-3,10-11H2,1H3,(H,20,22). The molecule has 2 aromatic rings. The number of carbonyl (C=O) groups excluding carboxylic acids is 1. The average Bonchev–Trinajstić information content (AvgIpc) is 3.04. The maximum Gasteiger partial charge on any atom is 0.255 e. The van der Waals surface area contributed by atoms with E-state index >= 15 is 0 Å². The number of hydrogen-bond donors (Lipinski definition) is 1. The number of rotatable bonds is 3. The van der Waals surface area contributed by atoms with Crippen molar-refractivity contribution >= 4 is 33.2 Å². The molecule has 1 saturated heterocycles. The van der Waals surface area contributed by atoms with Crippen LogP contribution in [0.3, 0.4) is 0 Å². The fourth-order valence-corrected chi connectivity index (χ4v) is 3.31. The molecule has 3 nitrogen and oxygen atoms in total. The van der Waals surface area contributed by atoms with Gasteiger partial charge in [0.15, 0.2) is 0 Å². The van der Waals surface area contributed by atoms with Gasteiger partial charge in [0.05, 0.1) is 5.69 Å². The highest BCUT2D eigenvalue weighted by atomic mass is 79.9. The van der Waals surface area contributed by atoms with Crippen molar-refractivity contribution in [2.45, 2.75) is 19.8 Å². The van der Waals surface area contributed by atoms with E-state index in [1.807, 2.05) is 49.4 Å². The third-order valence-electron chi connectivity index (χ3n) is 3.97. The topological polar surface area (TPSA) is 32.3 Å². The molecule has 0 aromatic heterocycles. The van der Waals surface area contributed by atoms with Gasteiger partial charge in [-0.3, -0.25) is 4.79 Å². The van der Waals surface area contributed by atoms with Crippen molar-refractivity contribution in [2.24, 2.45) is 0 Å². The lowest BCUT2D eigenvalue weighted by molar-refractivity contribution is 0.102. The van der Waals surface area contributed by atoms with Gasteiger partial charge in [0.25, 0.3) is 5.91 Å². The van der Waals surface area contributed by atoms with Gasteiger partial charge in [-0.15, -0.1) is 0 Å². The van der Waals surface area contributed by atoms with Gasteiger partial charge in [-0.05, 0) is 77.7 Å². The molecule has 0 bridgehead atoms. The zero-order chi connectivity index (χ0) is 15.5. The molecule has 1 heterocycles. The fraction of sp³-hybridized carbons (Fsp3) is 0.278. The number of nitrogens with zero attached hydrogens (tertiary/aromatic N) is 1. The van der Waals surface area contributed by atoms with Gasteiger partial charge in [0.1, 0.15) is 0 Å². The molecule has 3 rings (SSSR count). The molecule has 0 aliphatic carbocycles. The van der Waals surface area contributed by atoms with Crippen LogP contribution in [-0.4, -0.2) is 19.0 Å². The van der Waals surface area contributed by atoms with Crippen LogP contribution >= 0.6 is 15.9 Å². The number of aryl methyl sites for hydroxylation is 1. The maximum atomic E-state index is 12.3. The number of carbonyl (C=O) groups is 1. The van der Waals surface area contributed by atoms with Crippen LogP contribution in [0.1, 0.15) is 28.8 Å². The molecule has 0 unspecified atom stereocenters. The Bertz CT molecular complexity index is 676. The highest BCUT2D eigenvalue weighted by Crippen LogP contribution is 2.25. The van der Waals surface area contributed by atoms with Crippen molar-refractivity contribution < 1.29 is 4.79 Å². The number of nitrogens with one attached hydrogen (secondary N) is 1. The van der Waals surface area contributed by atoms with E-state index in [0.29, 0.717) is 5.56 Å². The molecular formula is C18H19BrN2O. The van der Waals surface area contributed by atoms with Gasteiger partial charge in [-0.2, -0.15) is 0 Å². The van der Waals surface area contributed by atoms with Crippen molar-refractivity contribution in [3.05, 3.63) is 58.1 Å². The van der Waals surface area contributed by atoms with E-state index in [2.05, 4.69) is 26.1 Å². The van der Waals surface area contributed by atoms with Gasteiger partial charge in [0, 0.05) is 28.8 Å². The second-order valence-corrected chi connectivity index (χ2v) is 6.53. The Hall–Kier alpha value is -1.81. The number of anilines is 2. The predicted octanol–water partition coefficient (Wildman–Crippen LogP) is 4.61. The van der Waals surface area contributed by atoms with Crippen LogP contribution in [0.5, 0.6) is 0 Å². The minimum atomic E-state index is -0.0856. The van der Waals surface area contributed by atoms with Crippen LogP contribution in [0.2, 0.25) is 0 Å². The first-order valence-electron chi connectivity index (χ1n) is 7.56. The quantitative estimate of drug-likeness (QED) is 0.868. The molecular weight excluding hydrogens is 340 g/mol. The van der Waals surface area contributed by atoms with Gasteiger partial charge in [0.2, 0.25) is 0 Å². The van der Waals surface area contributed by atoms with E-state index in [1.165, 1.54) is 18.5 Å². The molecule has 114 valence electrons. The van der Waals surface area contributed by atoms with Crippen LogP contribution in [0.4, 0.5) is 11.4 Å². The van der Waals surface area contributed by atoms with E-state index in [-0.39, 0.29) is 5.91 Å². The second kappa shape index (κ2) is 6.53. The summed E-state index contributed by atoms with van der Waals surface area (Å²) in [5.74, 6) is -0.0856. The van der Waals surface area contributed by atoms with Crippen LogP contribution in [0.15, 0.2) is 46.9 Å². The van der Waals surface area contributed by atoms with Crippen LogP contribution < -0.4 is 10.2 Å². The summed E-state index contributed by atoms with van der Waals surface area (Å²) in [5, 5.41) is 2.94. The van der Waals surface area contributed by atoms with Crippen molar-refractivity contribution in [3.8, 4) is 0 Å². The summed E-state index contributed by atoms with van der Waals surface area (Å²) in [6.45, 7) is 4.25. The first kappa shape index (κ1) is 15.1. The van der Waals surface area contributed by atoms with E-state index in [9.17, 15) is 4.79 Å². The molecule has 0 radical (unpaired) electrons. The summed E-state index contributed by atoms with van der Waals surface area (Å²) in [4.78, 5) is 14.7. The molecule has 2 aromatic carbocycles. The first-order valence-corrected chi connectivity index (χ1v) is 8.35. The Morgan fingerprint density at radius 3 is 2.41 bits per heavy atom. The lowest BCUT2D eigenvalue weighted by Gasteiger charge is -2.17. The van der Waals surface area contributed by atoms with Gasteiger partial charge < -0.3 is 10.2 Å². The van der Waals surface area contributed by atoms with Crippen molar-refractivity contribution in [2.75, 3.05) is 23.3 Å². The summed E-state index contributed by atoms with van der Waals surface area (Å²) in [6.07, 6.45) is 2.51. The molecule has 1 aliphatic heterocycles. The fourth-order valence-electron chi connectivity index (χ4n) is 2.71. The van der Waals surface area contributed by atoms with Gasteiger partial charge in [-0.1, -0.05) is 6.07 Å². The van der Waals surface area contributed by atoms with Crippen molar-refractivity contribution in [1.29, 1.82) is 0 Å². The zero-order valence-corrected chi connectivity index (χ0v) is 14.2. The number of hydrogen-bond acceptors (Lipinski definition) is 2. The molecule has 22 heavy (non-hydrogen) atoms. The second-order valence-electron chi connectivity index (χ2n) is 5.68. The van der Waals surface area contributed by atoms with Crippen molar-refractivity contribution in [3.63, 3.8) is 0 Å². The van der Waals surface area contributed by atoms with E-state index in [4.69, 9.17) is 0 Å². The number of halogens is 1. The molecule has 0 spiro atoms. The third kappa shape index (κ3) is 3.33. The molecule has 1 aliphatic rings. The Morgan fingerprint density at radius 1 is 1.09 bits per heavy atom. The highest BCUT2D eigenvalue weighted by molar-refractivity contribution is 9.10. The summed E-state index contributed by atoms with van der Waals surface area (Å²) < 4.78 is 0.898. The molecule has 1 fully saturated rings. The summed E-state index contributed by atoms with van der Waals surface area (Å²) >= 11 is 3.48. The molecule has 1 amide bonds. The minimum Gasteiger partial charge on any atom is -0.372 e. The summed E-state index contributed by atoms with van der Waals surface area (Å²) in [6, 6.07) is 13.7. The predicted molar refractivity (Wildman–Crippen MR) is 94.7 cm³/mol. The first-order chi connectivity index (χ1) is 10.6. The molecule has 0 saturated carbocycles. The molecule has 0 atom stereocenters. The van der Waals surface area contributed by atoms with E-state index < -0.39 is 0 Å². The normalized spacial score (nSPS) is 14.2. The minimum absolute atomic E-state index is 0.0856. The summed E-state index contributed by atoms with van der Waals surface area (Å²) in [7, 11) is 0. The number of benzene rings is 2. The smallest absolute Gasteiger partial charge is 0.255 e. The van der Waals surface area contributed by atoms with Crippen LogP contribution in [-0.2, 0) is 0 Å². The Kier molecular flexibility index (Phi) is 4.48. The third-order valence-corrected chi connectivity index (χ3v) is 4.63. The van der Waals surface area contributed by atoms with Gasteiger partial charge >= 0.3 is 0 Å². The molecule has 1 N–H and O–H groups in total. The number of amides is 1. The zero-order valence-electron chi connectivity index (χ0n) is 12.6. The van der Waals surface area contributed by atoms with E-state index in [0.717, 1.165) is 28.8 Å². The largest absolute Gasteiger partial charge is 0.372 e. The lowest BCUT2D eigenvalue weighted by atomic mass is 10.1. The van der Waals surface area contributed by atoms with Gasteiger partial charge in [-0.25, -0.2) is 0 Å². The highest BCUT2D eigenvalue weighted by Gasteiger charge is 2.13. The van der Waals surface area contributed by atoms with Crippen LogP contribution in [0, 0.1) is 6.92 Å². The lowest BCUT2D eigenvalue weighted by Crippen LogP contribution is -2.18. The average molecular weight is 359 g/mol. The Morgan fingerprint density at radius 2 is 1.77 bits per heavy atom. The SMILES string of the molecule is Cc1ccc(NC(=O)c2ccc(N3CCCC3)cc2)c(Br)c1. The maximum absolute atomic E-state index is 12.3. The molecule has 4 heteroatoms. The monoisotopic (exact) mass is 358 g/mol. The van der Waals surface area contributed by atoms with Crippen LogP contribution in [0.25, 0.3) is 0 Å².